The first kappa shape index (κ1) is 7.11. The monoisotopic (exact) mass is 161 g/mol. The zero-order valence-corrected chi connectivity index (χ0v) is 6.15. The fraction of sp³-hybridized carbons (Fsp3) is 0. The maximum atomic E-state index is 8.79. The molecule has 2 heterocycles. The van der Waals surface area contributed by atoms with Gasteiger partial charge in [0.05, 0.1) is 16.6 Å². The average molecular weight is 161 g/mol. The summed E-state index contributed by atoms with van der Waals surface area (Å²) in [7, 11) is 0.900. The molecule has 59 valence electrons. The molecule has 0 fully saturated rings. The Bertz CT molecular complexity index is 413. The van der Waals surface area contributed by atoms with Crippen LogP contribution in [0.15, 0.2) is 12.3 Å². The van der Waals surface area contributed by atoms with E-state index in [2.05, 4.69) is 15.0 Å². The topological polar surface area (TPSA) is 87.8 Å². The summed E-state index contributed by atoms with van der Waals surface area (Å²) in [6, 6.07) is 1.76. The molecule has 0 unspecified atom stereocenters. The minimum Gasteiger partial charge on any atom is -0.449 e. The molecule has 0 aromatic carbocycles. The zero-order valence-electron chi connectivity index (χ0n) is 6.15. The van der Waals surface area contributed by atoms with Crippen molar-refractivity contribution in [2.75, 3.05) is 5.73 Å². The Balaban J connectivity index is 2.80. The Morgan fingerprint density at radius 2 is 2.33 bits per heavy atom. The SMILES string of the molecule is Nc1nc([B]O)c2[nH]ccc2n1. The van der Waals surface area contributed by atoms with Gasteiger partial charge in [-0.05, 0) is 6.07 Å². The van der Waals surface area contributed by atoms with Crippen LogP contribution in [0.25, 0.3) is 11.0 Å². The number of aromatic amines is 1. The van der Waals surface area contributed by atoms with E-state index in [4.69, 9.17) is 10.8 Å². The van der Waals surface area contributed by atoms with Crippen molar-refractivity contribution in [3.8, 4) is 0 Å². The first-order valence-electron chi connectivity index (χ1n) is 3.39. The third kappa shape index (κ3) is 0.929. The molecule has 0 bridgehead atoms. The van der Waals surface area contributed by atoms with Gasteiger partial charge in [-0.3, -0.25) is 0 Å². The van der Waals surface area contributed by atoms with Gasteiger partial charge in [0.25, 0.3) is 0 Å². The zero-order chi connectivity index (χ0) is 8.55. The first-order valence-corrected chi connectivity index (χ1v) is 3.39. The van der Waals surface area contributed by atoms with Crippen LogP contribution in [0.5, 0.6) is 0 Å². The summed E-state index contributed by atoms with van der Waals surface area (Å²) < 4.78 is 0. The number of rotatable bonds is 1. The lowest BCUT2D eigenvalue weighted by molar-refractivity contribution is 0.614. The second-order valence-corrected chi connectivity index (χ2v) is 2.33. The molecule has 0 spiro atoms. The van der Waals surface area contributed by atoms with Crippen LogP contribution in [0.1, 0.15) is 0 Å². The minimum atomic E-state index is 0.155. The number of nitrogens with two attached hydrogens (primary N) is 1. The van der Waals surface area contributed by atoms with Crippen molar-refractivity contribution >= 4 is 30.1 Å². The van der Waals surface area contributed by atoms with Gasteiger partial charge in [-0.1, -0.05) is 0 Å². The Kier molecular flexibility index (Phi) is 1.48. The number of anilines is 1. The van der Waals surface area contributed by atoms with Gasteiger partial charge in [0.2, 0.25) is 5.95 Å². The maximum Gasteiger partial charge on any atom is 0.351 e. The predicted molar refractivity (Wildman–Crippen MR) is 45.9 cm³/mol. The van der Waals surface area contributed by atoms with Crippen LogP contribution < -0.4 is 11.3 Å². The molecule has 0 aliphatic heterocycles. The summed E-state index contributed by atoms with van der Waals surface area (Å²) in [6.45, 7) is 0. The molecule has 4 N–H and O–H groups in total. The quantitative estimate of drug-likeness (QED) is 0.457. The van der Waals surface area contributed by atoms with Gasteiger partial charge in [-0.15, -0.1) is 0 Å². The Morgan fingerprint density at radius 3 is 3.08 bits per heavy atom. The number of fused-ring (bicyclic) bond motifs is 1. The van der Waals surface area contributed by atoms with E-state index < -0.39 is 0 Å². The molecule has 1 radical (unpaired) electrons. The molecule has 0 amide bonds. The van der Waals surface area contributed by atoms with Crippen molar-refractivity contribution in [2.45, 2.75) is 0 Å². The lowest BCUT2D eigenvalue weighted by Gasteiger charge is -1.97. The van der Waals surface area contributed by atoms with Crippen LogP contribution in [0, 0.1) is 0 Å². The Morgan fingerprint density at radius 1 is 1.50 bits per heavy atom. The van der Waals surface area contributed by atoms with Gasteiger partial charge < -0.3 is 15.7 Å². The van der Waals surface area contributed by atoms with E-state index in [1.165, 1.54) is 0 Å². The lowest BCUT2D eigenvalue weighted by atomic mass is 9.94. The fourth-order valence-corrected chi connectivity index (χ4v) is 1.08. The highest BCUT2D eigenvalue weighted by Gasteiger charge is 2.06. The smallest absolute Gasteiger partial charge is 0.351 e. The van der Waals surface area contributed by atoms with E-state index in [1.54, 1.807) is 12.3 Å². The van der Waals surface area contributed by atoms with Crippen LogP contribution >= 0.6 is 0 Å². The van der Waals surface area contributed by atoms with Gasteiger partial charge in [0.15, 0.2) is 0 Å². The molecule has 0 atom stereocenters. The van der Waals surface area contributed by atoms with Crippen molar-refractivity contribution in [1.82, 2.24) is 15.0 Å². The van der Waals surface area contributed by atoms with E-state index in [9.17, 15) is 0 Å². The normalized spacial score (nSPS) is 10.4. The number of aromatic nitrogens is 3. The van der Waals surface area contributed by atoms with Gasteiger partial charge in [-0.25, -0.2) is 9.97 Å². The largest absolute Gasteiger partial charge is 0.449 e. The molecule has 2 rings (SSSR count). The summed E-state index contributed by atoms with van der Waals surface area (Å²) >= 11 is 0. The van der Waals surface area contributed by atoms with Crippen molar-refractivity contribution in [3.05, 3.63) is 12.3 Å². The summed E-state index contributed by atoms with van der Waals surface area (Å²) in [6.07, 6.45) is 1.71. The van der Waals surface area contributed by atoms with Crippen LogP contribution in [0.4, 0.5) is 5.95 Å². The second kappa shape index (κ2) is 2.49. The number of H-pyrrole nitrogens is 1. The summed E-state index contributed by atoms with van der Waals surface area (Å²) in [5.41, 5.74) is 7.18. The van der Waals surface area contributed by atoms with Crippen LogP contribution in [0.2, 0.25) is 0 Å². The number of nitrogen functional groups attached to an aromatic ring is 1. The van der Waals surface area contributed by atoms with Crippen LogP contribution in [-0.4, -0.2) is 27.5 Å². The van der Waals surface area contributed by atoms with Gasteiger partial charge in [0.1, 0.15) is 0 Å². The third-order valence-corrected chi connectivity index (χ3v) is 1.57. The number of nitrogens with one attached hydrogen (secondary N) is 1. The molecule has 5 nitrogen and oxygen atoms in total. The highest BCUT2D eigenvalue weighted by molar-refractivity contribution is 6.48. The fourth-order valence-electron chi connectivity index (χ4n) is 1.08. The van der Waals surface area contributed by atoms with E-state index in [1.807, 2.05) is 0 Å². The van der Waals surface area contributed by atoms with E-state index in [0.29, 0.717) is 16.6 Å². The molecule has 0 aliphatic rings. The number of hydrogen-bond acceptors (Lipinski definition) is 4. The summed E-state index contributed by atoms with van der Waals surface area (Å²) in [4.78, 5) is 10.7. The number of nitrogens with zero attached hydrogens (tertiary/aromatic N) is 2. The molecule has 0 aliphatic carbocycles. The standard InChI is InChI=1S/C6H6BN4O/c8-6-10-3-1-2-9-4(3)5(7-12)11-6/h1-2,9,12H,(H2,8,10,11). The molecule has 12 heavy (non-hydrogen) atoms. The van der Waals surface area contributed by atoms with Crippen molar-refractivity contribution in [2.24, 2.45) is 0 Å². The second-order valence-electron chi connectivity index (χ2n) is 2.33. The Hall–Kier alpha value is -1.56. The third-order valence-electron chi connectivity index (χ3n) is 1.57. The summed E-state index contributed by atoms with van der Waals surface area (Å²) in [5.74, 6) is 0.155. The van der Waals surface area contributed by atoms with Crippen LogP contribution in [0.3, 0.4) is 0 Å². The predicted octanol–water partition coefficient (Wildman–Crippen LogP) is -1.22. The number of hydrogen-bond donors (Lipinski definition) is 3. The molecule has 0 saturated heterocycles. The maximum absolute atomic E-state index is 8.79. The van der Waals surface area contributed by atoms with Gasteiger partial charge in [0, 0.05) is 6.20 Å². The minimum absolute atomic E-state index is 0.155. The highest BCUT2D eigenvalue weighted by atomic mass is 16.2. The molecular formula is C6H6BN4O. The van der Waals surface area contributed by atoms with Crippen LogP contribution in [-0.2, 0) is 0 Å². The molecule has 0 saturated carbocycles. The molecule has 6 heteroatoms. The average Bonchev–Trinajstić information content (AvgIpc) is 2.50. The van der Waals surface area contributed by atoms with Crippen molar-refractivity contribution in [1.29, 1.82) is 0 Å². The van der Waals surface area contributed by atoms with E-state index in [-0.39, 0.29) is 5.95 Å². The molecule has 2 aromatic heterocycles. The van der Waals surface area contributed by atoms with Gasteiger partial charge in [-0.2, -0.15) is 0 Å². The molecule has 2 aromatic rings. The van der Waals surface area contributed by atoms with Crippen molar-refractivity contribution < 1.29 is 5.02 Å². The van der Waals surface area contributed by atoms with E-state index in [0.717, 1.165) is 7.48 Å². The van der Waals surface area contributed by atoms with E-state index >= 15 is 0 Å². The molecular weight excluding hydrogens is 155 g/mol. The first-order chi connectivity index (χ1) is 5.81. The lowest BCUT2D eigenvalue weighted by Crippen LogP contribution is -2.21. The summed E-state index contributed by atoms with van der Waals surface area (Å²) in [5, 5.41) is 8.79. The van der Waals surface area contributed by atoms with Crippen molar-refractivity contribution in [3.63, 3.8) is 0 Å². The van der Waals surface area contributed by atoms with Gasteiger partial charge >= 0.3 is 7.48 Å². The Labute approximate surface area is 68.9 Å². The highest BCUT2D eigenvalue weighted by Crippen LogP contribution is 2.05.